The highest BCUT2D eigenvalue weighted by Crippen LogP contribution is 2.32. The Hall–Kier alpha value is -1.75. The monoisotopic (exact) mass is 272 g/mol. The third-order valence-electron chi connectivity index (χ3n) is 2.38. The molecule has 2 nitrogen and oxygen atoms in total. The van der Waals surface area contributed by atoms with Gasteiger partial charge in [-0.3, -0.25) is 4.98 Å². The van der Waals surface area contributed by atoms with Crippen molar-refractivity contribution in [1.29, 1.82) is 0 Å². The van der Waals surface area contributed by atoms with E-state index in [0.717, 1.165) is 12.3 Å². The second-order valence-corrected chi connectivity index (χ2v) is 4.10. The van der Waals surface area contributed by atoms with Gasteiger partial charge in [0.15, 0.2) is 0 Å². The molecular formula is C12H8ClF3N2. The molecule has 0 amide bonds. The summed E-state index contributed by atoms with van der Waals surface area (Å²) in [5.41, 5.74) is 5.75. The molecule has 6 heteroatoms. The van der Waals surface area contributed by atoms with Crippen LogP contribution in [0.3, 0.4) is 0 Å². The third-order valence-corrected chi connectivity index (χ3v) is 2.63. The van der Waals surface area contributed by atoms with Gasteiger partial charge < -0.3 is 5.73 Å². The quantitative estimate of drug-likeness (QED) is 0.852. The van der Waals surface area contributed by atoms with E-state index in [1.165, 1.54) is 0 Å². The lowest BCUT2D eigenvalue weighted by atomic mass is 10.1. The van der Waals surface area contributed by atoms with Crippen LogP contribution in [0.15, 0.2) is 36.5 Å². The number of nitrogens with two attached hydrogens (primary N) is 1. The maximum absolute atomic E-state index is 12.4. The van der Waals surface area contributed by atoms with Gasteiger partial charge in [0.1, 0.15) is 5.69 Å². The van der Waals surface area contributed by atoms with E-state index in [-0.39, 0.29) is 5.69 Å². The highest BCUT2D eigenvalue weighted by Gasteiger charge is 2.32. The fraction of sp³-hybridized carbons (Fsp3) is 0.0833. The molecule has 18 heavy (non-hydrogen) atoms. The summed E-state index contributed by atoms with van der Waals surface area (Å²) < 4.78 is 37.3. The first-order chi connectivity index (χ1) is 8.38. The van der Waals surface area contributed by atoms with E-state index in [1.54, 1.807) is 24.3 Å². The summed E-state index contributed by atoms with van der Waals surface area (Å²) in [6, 6.07) is 7.43. The van der Waals surface area contributed by atoms with E-state index in [0.29, 0.717) is 16.1 Å². The van der Waals surface area contributed by atoms with Crippen LogP contribution in [0, 0.1) is 0 Å². The van der Waals surface area contributed by atoms with Crippen molar-refractivity contribution in [3.05, 3.63) is 47.2 Å². The van der Waals surface area contributed by atoms with Gasteiger partial charge in [-0.1, -0.05) is 23.7 Å². The summed E-state index contributed by atoms with van der Waals surface area (Å²) in [6.07, 6.45) is -3.38. The Bertz CT molecular complexity index is 565. The average molecular weight is 273 g/mol. The van der Waals surface area contributed by atoms with Gasteiger partial charge in [0.05, 0.1) is 0 Å². The minimum Gasteiger partial charge on any atom is -0.398 e. The number of hydrogen-bond donors (Lipinski definition) is 1. The van der Waals surface area contributed by atoms with Gasteiger partial charge in [0.2, 0.25) is 0 Å². The molecule has 0 unspecified atom stereocenters. The van der Waals surface area contributed by atoms with Crippen LogP contribution >= 0.6 is 11.6 Å². The van der Waals surface area contributed by atoms with E-state index in [9.17, 15) is 13.2 Å². The van der Waals surface area contributed by atoms with E-state index in [2.05, 4.69) is 4.98 Å². The van der Waals surface area contributed by atoms with Gasteiger partial charge in [0, 0.05) is 22.5 Å². The van der Waals surface area contributed by atoms with Gasteiger partial charge in [-0.2, -0.15) is 13.2 Å². The predicted octanol–water partition coefficient (Wildman–Crippen LogP) is 4.00. The fourth-order valence-corrected chi connectivity index (χ4v) is 1.62. The van der Waals surface area contributed by atoms with Gasteiger partial charge in [-0.05, 0) is 23.8 Å². The maximum Gasteiger partial charge on any atom is 0.433 e. The zero-order chi connectivity index (χ0) is 13.3. The Morgan fingerprint density at radius 3 is 2.22 bits per heavy atom. The lowest BCUT2D eigenvalue weighted by molar-refractivity contribution is -0.141. The molecule has 2 aromatic rings. The smallest absolute Gasteiger partial charge is 0.398 e. The Morgan fingerprint density at radius 1 is 1.11 bits per heavy atom. The molecule has 0 radical (unpaired) electrons. The largest absolute Gasteiger partial charge is 0.433 e. The SMILES string of the molecule is Nc1cc(C(F)(F)F)ncc1-c1ccc(Cl)cc1. The molecule has 1 aromatic heterocycles. The lowest BCUT2D eigenvalue weighted by Gasteiger charge is -2.10. The molecule has 1 heterocycles. The first-order valence-corrected chi connectivity index (χ1v) is 5.34. The summed E-state index contributed by atoms with van der Waals surface area (Å²) in [4.78, 5) is 3.37. The van der Waals surface area contributed by atoms with Crippen LogP contribution in [0.5, 0.6) is 0 Å². The number of nitrogen functional groups attached to an aromatic ring is 1. The minimum atomic E-state index is -4.49. The Balaban J connectivity index is 2.45. The van der Waals surface area contributed by atoms with E-state index >= 15 is 0 Å². The van der Waals surface area contributed by atoms with Crippen LogP contribution in [0.4, 0.5) is 18.9 Å². The highest BCUT2D eigenvalue weighted by molar-refractivity contribution is 6.30. The molecule has 0 saturated carbocycles. The van der Waals surface area contributed by atoms with Crippen molar-refractivity contribution in [1.82, 2.24) is 4.98 Å². The van der Waals surface area contributed by atoms with Crippen LogP contribution in [0.25, 0.3) is 11.1 Å². The van der Waals surface area contributed by atoms with Crippen LogP contribution in [0.1, 0.15) is 5.69 Å². The molecular weight excluding hydrogens is 265 g/mol. The number of alkyl halides is 3. The van der Waals surface area contributed by atoms with E-state index in [4.69, 9.17) is 17.3 Å². The lowest BCUT2D eigenvalue weighted by Crippen LogP contribution is -2.08. The predicted molar refractivity (Wildman–Crippen MR) is 64.1 cm³/mol. The molecule has 0 spiro atoms. The van der Waals surface area contributed by atoms with Gasteiger partial charge in [-0.25, -0.2) is 0 Å². The highest BCUT2D eigenvalue weighted by atomic mass is 35.5. The zero-order valence-electron chi connectivity index (χ0n) is 9.00. The first kappa shape index (κ1) is 12.7. The van der Waals surface area contributed by atoms with Crippen LogP contribution < -0.4 is 5.73 Å². The number of aromatic nitrogens is 1. The van der Waals surface area contributed by atoms with Crippen molar-refractivity contribution in [2.24, 2.45) is 0 Å². The van der Waals surface area contributed by atoms with Crippen LogP contribution in [-0.2, 0) is 6.18 Å². The number of pyridine rings is 1. The first-order valence-electron chi connectivity index (χ1n) is 4.96. The summed E-state index contributed by atoms with van der Waals surface area (Å²) in [7, 11) is 0. The second kappa shape index (κ2) is 4.49. The number of nitrogens with zero attached hydrogens (tertiary/aromatic N) is 1. The normalized spacial score (nSPS) is 11.6. The minimum absolute atomic E-state index is 0.0275. The number of hydrogen-bond acceptors (Lipinski definition) is 2. The molecule has 0 aliphatic carbocycles. The van der Waals surface area contributed by atoms with Crippen LogP contribution in [0.2, 0.25) is 5.02 Å². The molecule has 0 atom stereocenters. The Labute approximate surface area is 106 Å². The maximum atomic E-state index is 12.4. The third kappa shape index (κ3) is 2.56. The molecule has 1 aromatic carbocycles. The van der Waals surface area contributed by atoms with Crippen molar-refractivity contribution >= 4 is 17.3 Å². The van der Waals surface area contributed by atoms with Crippen molar-refractivity contribution in [3.63, 3.8) is 0 Å². The van der Waals surface area contributed by atoms with Crippen LogP contribution in [-0.4, -0.2) is 4.98 Å². The molecule has 0 aliphatic rings. The molecule has 2 N–H and O–H groups in total. The molecule has 0 aliphatic heterocycles. The zero-order valence-corrected chi connectivity index (χ0v) is 9.76. The number of anilines is 1. The summed E-state index contributed by atoms with van der Waals surface area (Å²) >= 11 is 5.73. The van der Waals surface area contributed by atoms with E-state index in [1.807, 2.05) is 0 Å². The summed E-state index contributed by atoms with van der Waals surface area (Å²) in [5, 5.41) is 0.539. The Morgan fingerprint density at radius 2 is 1.72 bits per heavy atom. The fourth-order valence-electron chi connectivity index (χ4n) is 1.50. The van der Waals surface area contributed by atoms with Gasteiger partial charge in [0.25, 0.3) is 0 Å². The van der Waals surface area contributed by atoms with Crippen molar-refractivity contribution in [2.45, 2.75) is 6.18 Å². The molecule has 0 fully saturated rings. The number of rotatable bonds is 1. The van der Waals surface area contributed by atoms with Gasteiger partial charge in [-0.15, -0.1) is 0 Å². The van der Waals surface area contributed by atoms with Crippen molar-refractivity contribution < 1.29 is 13.2 Å². The summed E-state index contributed by atoms with van der Waals surface area (Å²) in [5.74, 6) is 0. The summed E-state index contributed by atoms with van der Waals surface area (Å²) in [6.45, 7) is 0. The topological polar surface area (TPSA) is 38.9 Å². The van der Waals surface area contributed by atoms with Gasteiger partial charge >= 0.3 is 6.18 Å². The standard InChI is InChI=1S/C12H8ClF3N2/c13-8-3-1-7(2-4-8)9-6-18-11(5-10(9)17)12(14,15)16/h1-6H,(H2,17,18). The second-order valence-electron chi connectivity index (χ2n) is 3.66. The van der Waals surface area contributed by atoms with Crippen molar-refractivity contribution in [2.75, 3.05) is 5.73 Å². The number of halogens is 4. The average Bonchev–Trinajstić information content (AvgIpc) is 2.29. The molecule has 94 valence electrons. The molecule has 0 bridgehead atoms. The van der Waals surface area contributed by atoms with E-state index < -0.39 is 11.9 Å². The van der Waals surface area contributed by atoms with Crippen molar-refractivity contribution in [3.8, 4) is 11.1 Å². The Kier molecular flexibility index (Phi) is 3.17. The molecule has 0 saturated heterocycles. The number of benzene rings is 1. The molecule has 2 rings (SSSR count).